The van der Waals surface area contributed by atoms with Gasteiger partial charge in [0.2, 0.25) is 0 Å². The Morgan fingerprint density at radius 3 is 2.68 bits per heavy atom. The predicted molar refractivity (Wildman–Crippen MR) is 71.7 cm³/mol. The Morgan fingerprint density at radius 2 is 2.16 bits per heavy atom. The zero-order valence-electron chi connectivity index (χ0n) is 10.6. The first kappa shape index (κ1) is 12.8. The third-order valence-corrected chi connectivity index (χ3v) is 5.01. The van der Waals surface area contributed by atoms with Crippen LogP contribution in [-0.4, -0.2) is 35.3 Å². The van der Waals surface area contributed by atoms with Crippen LogP contribution in [0, 0.1) is 10.1 Å². The Kier molecular flexibility index (Phi) is 3.20. The van der Waals surface area contributed by atoms with Gasteiger partial charge < -0.3 is 14.7 Å². The summed E-state index contributed by atoms with van der Waals surface area (Å²) in [5, 5.41) is 21.4. The number of aliphatic hydroxyl groups is 1. The van der Waals surface area contributed by atoms with E-state index in [1.807, 2.05) is 4.90 Å². The number of fused-ring (bicyclic) bond motifs is 2. The van der Waals surface area contributed by atoms with Crippen LogP contribution in [0.5, 0.6) is 0 Å². The molecule has 0 amide bonds. The smallest absolute Gasteiger partial charge is 0.304 e. The third kappa shape index (κ3) is 2.33. The third-order valence-electron chi connectivity index (χ3n) is 3.65. The summed E-state index contributed by atoms with van der Waals surface area (Å²) < 4.78 is 5.75. The van der Waals surface area contributed by atoms with Crippen molar-refractivity contribution in [1.82, 2.24) is 0 Å². The minimum absolute atomic E-state index is 0.0993. The first-order chi connectivity index (χ1) is 9.04. The molecule has 19 heavy (non-hydrogen) atoms. The maximum atomic E-state index is 11.2. The molecule has 2 saturated heterocycles. The van der Waals surface area contributed by atoms with Crippen LogP contribution in [0.3, 0.4) is 0 Å². The van der Waals surface area contributed by atoms with Crippen molar-refractivity contribution in [3.8, 4) is 0 Å². The number of hydrogen-bond donors (Lipinski definition) is 1. The van der Waals surface area contributed by atoms with Gasteiger partial charge in [-0.2, -0.15) is 0 Å². The molecule has 1 aromatic rings. The minimum atomic E-state index is -0.671. The first-order valence-electron chi connectivity index (χ1n) is 6.41. The van der Waals surface area contributed by atoms with Crippen molar-refractivity contribution in [2.45, 2.75) is 38.1 Å². The number of aliphatic hydroxyl groups excluding tert-OH is 1. The number of rotatable bonds is 3. The normalized spacial score (nSPS) is 27.6. The monoisotopic (exact) mass is 284 g/mol. The van der Waals surface area contributed by atoms with E-state index in [2.05, 4.69) is 0 Å². The van der Waals surface area contributed by atoms with Crippen molar-refractivity contribution in [3.63, 3.8) is 0 Å². The van der Waals surface area contributed by atoms with Crippen LogP contribution in [-0.2, 0) is 4.74 Å². The van der Waals surface area contributed by atoms with Crippen molar-refractivity contribution in [1.29, 1.82) is 0 Å². The zero-order chi connectivity index (χ0) is 13.6. The molecule has 3 unspecified atom stereocenters. The Bertz CT molecular complexity index is 490. The average Bonchev–Trinajstić information content (AvgIpc) is 2.93. The van der Waals surface area contributed by atoms with Gasteiger partial charge in [0.05, 0.1) is 23.2 Å². The van der Waals surface area contributed by atoms with Crippen molar-refractivity contribution in [2.75, 3.05) is 18.0 Å². The summed E-state index contributed by atoms with van der Waals surface area (Å²) >= 11 is 1.31. The summed E-state index contributed by atoms with van der Waals surface area (Å²) in [5.74, 6) is 0. The number of thiophene rings is 1. The van der Waals surface area contributed by atoms with Crippen LogP contribution in [0.15, 0.2) is 6.07 Å². The Labute approximate surface area is 114 Å². The lowest BCUT2D eigenvalue weighted by atomic mass is 10.2. The highest BCUT2D eigenvalue weighted by Gasteiger charge is 2.37. The molecular weight excluding hydrogens is 268 g/mol. The van der Waals surface area contributed by atoms with E-state index in [0.29, 0.717) is 23.0 Å². The number of nitro groups is 1. The molecule has 3 heterocycles. The highest BCUT2D eigenvalue weighted by molar-refractivity contribution is 7.16. The standard InChI is InChI=1S/C12H16N2O4S/c1-7(15)11-4-10(14(16)17)12(19-11)13-5-8-2-3-9(6-13)18-8/h4,7-9,15H,2-3,5-6H2,1H3. The van der Waals surface area contributed by atoms with Gasteiger partial charge in [-0.05, 0) is 19.8 Å². The van der Waals surface area contributed by atoms with Gasteiger partial charge >= 0.3 is 5.69 Å². The maximum absolute atomic E-state index is 11.2. The van der Waals surface area contributed by atoms with Gasteiger partial charge in [-0.25, -0.2) is 0 Å². The second-order valence-corrected chi connectivity index (χ2v) is 6.20. The number of ether oxygens (including phenoxy) is 1. The Hall–Kier alpha value is -1.18. The first-order valence-corrected chi connectivity index (χ1v) is 7.23. The fraction of sp³-hybridized carbons (Fsp3) is 0.667. The van der Waals surface area contributed by atoms with E-state index in [1.165, 1.54) is 17.4 Å². The quantitative estimate of drug-likeness (QED) is 0.679. The molecule has 104 valence electrons. The zero-order valence-corrected chi connectivity index (χ0v) is 11.4. The second kappa shape index (κ2) is 4.73. The van der Waals surface area contributed by atoms with Gasteiger partial charge in [-0.15, -0.1) is 11.3 Å². The minimum Gasteiger partial charge on any atom is -0.388 e. The van der Waals surface area contributed by atoms with E-state index in [4.69, 9.17) is 4.74 Å². The van der Waals surface area contributed by atoms with Gasteiger partial charge in [0.25, 0.3) is 0 Å². The van der Waals surface area contributed by atoms with E-state index in [-0.39, 0.29) is 22.8 Å². The van der Waals surface area contributed by atoms with Gasteiger partial charge in [-0.3, -0.25) is 10.1 Å². The van der Waals surface area contributed by atoms with Gasteiger partial charge in [0, 0.05) is 24.0 Å². The molecule has 0 radical (unpaired) electrons. The highest BCUT2D eigenvalue weighted by Crippen LogP contribution is 2.42. The molecule has 7 heteroatoms. The molecule has 2 aliphatic heterocycles. The summed E-state index contributed by atoms with van der Waals surface area (Å²) in [6.07, 6.45) is 1.77. The van der Waals surface area contributed by atoms with Crippen molar-refractivity contribution in [2.24, 2.45) is 0 Å². The molecular formula is C12H16N2O4S. The molecule has 1 N–H and O–H groups in total. The fourth-order valence-electron chi connectivity index (χ4n) is 2.73. The fourth-order valence-corrected chi connectivity index (χ4v) is 3.81. The average molecular weight is 284 g/mol. The summed E-state index contributed by atoms with van der Waals surface area (Å²) in [6, 6.07) is 1.49. The maximum Gasteiger partial charge on any atom is 0.304 e. The van der Waals surface area contributed by atoms with Gasteiger partial charge in [0.15, 0.2) is 5.00 Å². The SMILES string of the molecule is CC(O)c1cc([N+](=O)[O-])c(N2CC3CCC(C2)O3)s1. The molecule has 1 aromatic heterocycles. The van der Waals surface area contributed by atoms with Crippen molar-refractivity contribution >= 4 is 22.0 Å². The van der Waals surface area contributed by atoms with E-state index in [0.717, 1.165) is 12.8 Å². The summed E-state index contributed by atoms with van der Waals surface area (Å²) in [4.78, 5) is 13.5. The van der Waals surface area contributed by atoms with Gasteiger partial charge in [0.1, 0.15) is 0 Å². The van der Waals surface area contributed by atoms with Crippen LogP contribution >= 0.6 is 11.3 Å². The molecule has 3 atom stereocenters. The molecule has 2 bridgehead atoms. The van der Waals surface area contributed by atoms with E-state index >= 15 is 0 Å². The molecule has 2 aliphatic rings. The highest BCUT2D eigenvalue weighted by atomic mass is 32.1. The molecule has 0 aliphatic carbocycles. The number of morpholine rings is 1. The topological polar surface area (TPSA) is 75.8 Å². The van der Waals surface area contributed by atoms with E-state index in [9.17, 15) is 15.2 Å². The van der Waals surface area contributed by atoms with Gasteiger partial charge in [-0.1, -0.05) is 0 Å². The Balaban J connectivity index is 1.92. The molecule has 2 fully saturated rings. The van der Waals surface area contributed by atoms with Crippen LogP contribution < -0.4 is 4.90 Å². The lowest BCUT2D eigenvalue weighted by Gasteiger charge is -2.32. The lowest BCUT2D eigenvalue weighted by molar-refractivity contribution is -0.383. The predicted octanol–water partition coefficient (Wildman–Crippen LogP) is 2.08. The molecule has 0 aromatic carbocycles. The van der Waals surface area contributed by atoms with Crippen LogP contribution in [0.25, 0.3) is 0 Å². The second-order valence-electron chi connectivity index (χ2n) is 5.13. The summed E-state index contributed by atoms with van der Waals surface area (Å²) in [7, 11) is 0. The number of hydrogen-bond acceptors (Lipinski definition) is 6. The molecule has 3 rings (SSSR count). The number of nitrogens with zero attached hydrogens (tertiary/aromatic N) is 2. The summed E-state index contributed by atoms with van der Waals surface area (Å²) in [5.41, 5.74) is 0.0993. The molecule has 0 spiro atoms. The molecule has 6 nitrogen and oxygen atoms in total. The summed E-state index contributed by atoms with van der Waals surface area (Å²) in [6.45, 7) is 3.04. The van der Waals surface area contributed by atoms with E-state index < -0.39 is 6.10 Å². The van der Waals surface area contributed by atoms with E-state index in [1.54, 1.807) is 6.92 Å². The largest absolute Gasteiger partial charge is 0.388 e. The Morgan fingerprint density at radius 1 is 1.53 bits per heavy atom. The van der Waals surface area contributed by atoms with Crippen LogP contribution in [0.1, 0.15) is 30.7 Å². The lowest BCUT2D eigenvalue weighted by Crippen LogP contribution is -2.42. The van der Waals surface area contributed by atoms with Crippen molar-refractivity contribution < 1.29 is 14.8 Å². The van der Waals surface area contributed by atoms with Crippen LogP contribution in [0.4, 0.5) is 10.7 Å². The number of anilines is 1. The van der Waals surface area contributed by atoms with Crippen molar-refractivity contribution in [3.05, 3.63) is 21.1 Å². The van der Waals surface area contributed by atoms with Crippen LogP contribution in [0.2, 0.25) is 0 Å². The molecule has 0 saturated carbocycles.